The van der Waals surface area contributed by atoms with E-state index >= 15 is 0 Å². The fourth-order valence-electron chi connectivity index (χ4n) is 2.18. The molecule has 0 aliphatic rings. The number of carbonyl (C=O) groups is 1. The molecule has 0 atom stereocenters. The third kappa shape index (κ3) is 5.04. The van der Waals surface area contributed by atoms with Crippen LogP contribution in [0.25, 0.3) is 0 Å². The predicted octanol–water partition coefficient (Wildman–Crippen LogP) is 3.92. The van der Waals surface area contributed by atoms with Crippen LogP contribution in [0.15, 0.2) is 53.4 Å². The molecular formula is C18H19N3OS. The number of benzene rings is 2. The average molecular weight is 325 g/mol. The van der Waals surface area contributed by atoms with Gasteiger partial charge in [-0.25, -0.2) is 0 Å². The van der Waals surface area contributed by atoms with Crippen LogP contribution in [0.4, 0.5) is 11.4 Å². The SMILES string of the molecule is CCc1ccccc1NCC(=O)Nc1ccccc1SCC#N. The van der Waals surface area contributed by atoms with Gasteiger partial charge >= 0.3 is 0 Å². The number of nitrogens with one attached hydrogen (secondary N) is 2. The van der Waals surface area contributed by atoms with Gasteiger partial charge in [0.1, 0.15) is 0 Å². The molecule has 0 fully saturated rings. The lowest BCUT2D eigenvalue weighted by Crippen LogP contribution is -2.22. The zero-order valence-corrected chi connectivity index (χ0v) is 13.8. The van der Waals surface area contributed by atoms with E-state index in [1.54, 1.807) is 0 Å². The maximum absolute atomic E-state index is 12.2. The second-order valence-electron chi connectivity index (χ2n) is 4.86. The van der Waals surface area contributed by atoms with Crippen LogP contribution in [0.1, 0.15) is 12.5 Å². The Hall–Kier alpha value is -2.45. The van der Waals surface area contributed by atoms with Gasteiger partial charge in [-0.15, -0.1) is 11.8 Å². The van der Waals surface area contributed by atoms with E-state index in [1.807, 2.05) is 48.5 Å². The quantitative estimate of drug-likeness (QED) is 0.757. The molecule has 0 radical (unpaired) electrons. The van der Waals surface area contributed by atoms with E-state index < -0.39 is 0 Å². The van der Waals surface area contributed by atoms with Crippen molar-refractivity contribution in [2.45, 2.75) is 18.2 Å². The smallest absolute Gasteiger partial charge is 0.243 e. The number of hydrogen-bond acceptors (Lipinski definition) is 4. The number of aryl methyl sites for hydroxylation is 1. The molecule has 0 aliphatic heterocycles. The molecule has 2 aromatic rings. The van der Waals surface area contributed by atoms with Crippen molar-refractivity contribution in [1.82, 2.24) is 0 Å². The Morgan fingerprint density at radius 2 is 1.83 bits per heavy atom. The first kappa shape index (κ1) is 16.9. The molecule has 0 aliphatic carbocycles. The topological polar surface area (TPSA) is 64.9 Å². The average Bonchev–Trinajstić information content (AvgIpc) is 2.59. The molecule has 0 heterocycles. The van der Waals surface area contributed by atoms with Gasteiger partial charge in [0, 0.05) is 10.6 Å². The number of nitrogens with zero attached hydrogens (tertiary/aromatic N) is 1. The number of nitriles is 1. The van der Waals surface area contributed by atoms with E-state index in [4.69, 9.17) is 5.26 Å². The van der Waals surface area contributed by atoms with Crippen molar-refractivity contribution in [3.05, 3.63) is 54.1 Å². The van der Waals surface area contributed by atoms with Crippen molar-refractivity contribution in [2.24, 2.45) is 0 Å². The lowest BCUT2D eigenvalue weighted by atomic mass is 10.1. The third-order valence-corrected chi connectivity index (χ3v) is 4.23. The summed E-state index contributed by atoms with van der Waals surface area (Å²) in [6.45, 7) is 2.29. The minimum Gasteiger partial charge on any atom is -0.376 e. The molecule has 2 N–H and O–H groups in total. The predicted molar refractivity (Wildman–Crippen MR) is 95.7 cm³/mol. The Morgan fingerprint density at radius 1 is 1.13 bits per heavy atom. The zero-order valence-electron chi connectivity index (χ0n) is 13.0. The number of para-hydroxylation sites is 2. The van der Waals surface area contributed by atoms with Crippen molar-refractivity contribution in [2.75, 3.05) is 22.9 Å². The van der Waals surface area contributed by atoms with E-state index in [0.717, 1.165) is 22.7 Å². The summed E-state index contributed by atoms with van der Waals surface area (Å²) in [4.78, 5) is 13.1. The molecule has 0 saturated heterocycles. The molecular weight excluding hydrogens is 306 g/mol. The van der Waals surface area contributed by atoms with Gasteiger partial charge in [0.2, 0.25) is 5.91 Å². The number of carbonyl (C=O) groups excluding carboxylic acids is 1. The summed E-state index contributed by atoms with van der Waals surface area (Å²) in [7, 11) is 0. The van der Waals surface area contributed by atoms with Crippen LogP contribution in [-0.2, 0) is 11.2 Å². The van der Waals surface area contributed by atoms with Crippen molar-refractivity contribution in [3.8, 4) is 6.07 Å². The molecule has 5 heteroatoms. The van der Waals surface area contributed by atoms with E-state index in [9.17, 15) is 4.79 Å². The van der Waals surface area contributed by atoms with Crippen molar-refractivity contribution < 1.29 is 4.79 Å². The number of amides is 1. The Kier molecular flexibility index (Phi) is 6.52. The van der Waals surface area contributed by atoms with Gasteiger partial charge < -0.3 is 10.6 Å². The van der Waals surface area contributed by atoms with Crippen LogP contribution >= 0.6 is 11.8 Å². The van der Waals surface area contributed by atoms with Crippen molar-refractivity contribution in [1.29, 1.82) is 5.26 Å². The summed E-state index contributed by atoms with van der Waals surface area (Å²) in [5.74, 6) is 0.246. The lowest BCUT2D eigenvalue weighted by molar-refractivity contribution is -0.114. The van der Waals surface area contributed by atoms with E-state index in [0.29, 0.717) is 5.75 Å². The van der Waals surface area contributed by atoms with Gasteiger partial charge in [-0.05, 0) is 30.2 Å². The monoisotopic (exact) mass is 325 g/mol. The Bertz CT molecular complexity index is 709. The molecule has 4 nitrogen and oxygen atoms in total. The van der Waals surface area contributed by atoms with Crippen LogP contribution in [-0.4, -0.2) is 18.2 Å². The van der Waals surface area contributed by atoms with E-state index in [2.05, 4.69) is 23.6 Å². The zero-order chi connectivity index (χ0) is 16.5. The molecule has 2 rings (SSSR count). The summed E-state index contributed by atoms with van der Waals surface area (Å²) in [5, 5.41) is 14.8. The number of thioether (sulfide) groups is 1. The largest absolute Gasteiger partial charge is 0.376 e. The highest BCUT2D eigenvalue weighted by molar-refractivity contribution is 7.99. The molecule has 0 bridgehead atoms. The van der Waals surface area contributed by atoms with Crippen LogP contribution in [0.3, 0.4) is 0 Å². The first-order chi connectivity index (χ1) is 11.2. The molecule has 1 amide bonds. The fourth-order valence-corrected chi connectivity index (χ4v) is 2.85. The van der Waals surface area contributed by atoms with Crippen LogP contribution in [0.5, 0.6) is 0 Å². The van der Waals surface area contributed by atoms with E-state index in [1.165, 1.54) is 17.3 Å². The van der Waals surface area contributed by atoms with Crippen molar-refractivity contribution >= 4 is 29.0 Å². The highest BCUT2D eigenvalue weighted by atomic mass is 32.2. The van der Waals surface area contributed by atoms with Gasteiger partial charge in [-0.2, -0.15) is 5.26 Å². The normalized spacial score (nSPS) is 9.91. The molecule has 0 saturated carbocycles. The maximum Gasteiger partial charge on any atom is 0.243 e. The van der Waals surface area contributed by atoms with Gasteiger partial charge in [0.05, 0.1) is 24.1 Å². The molecule has 0 spiro atoms. The number of anilines is 2. The van der Waals surface area contributed by atoms with Crippen LogP contribution < -0.4 is 10.6 Å². The Morgan fingerprint density at radius 3 is 2.57 bits per heavy atom. The fraction of sp³-hybridized carbons (Fsp3) is 0.222. The summed E-state index contributed by atoms with van der Waals surface area (Å²) < 4.78 is 0. The van der Waals surface area contributed by atoms with Crippen LogP contribution in [0.2, 0.25) is 0 Å². The first-order valence-corrected chi connectivity index (χ1v) is 8.43. The standard InChI is InChI=1S/C18H19N3OS/c1-2-14-7-3-4-8-15(14)20-13-18(22)21-16-9-5-6-10-17(16)23-12-11-19/h3-10,20H,2,12-13H2,1H3,(H,21,22). The second-order valence-corrected chi connectivity index (χ2v) is 5.87. The van der Waals surface area contributed by atoms with E-state index in [-0.39, 0.29) is 12.5 Å². The lowest BCUT2D eigenvalue weighted by Gasteiger charge is -2.12. The van der Waals surface area contributed by atoms with Gasteiger partial charge in [0.15, 0.2) is 0 Å². The van der Waals surface area contributed by atoms with Crippen LogP contribution in [0, 0.1) is 11.3 Å². The minimum atomic E-state index is -0.110. The molecule has 2 aromatic carbocycles. The summed E-state index contributed by atoms with van der Waals surface area (Å²) >= 11 is 1.41. The number of hydrogen-bond donors (Lipinski definition) is 2. The van der Waals surface area contributed by atoms with Crippen molar-refractivity contribution in [3.63, 3.8) is 0 Å². The highest BCUT2D eigenvalue weighted by Crippen LogP contribution is 2.26. The van der Waals surface area contributed by atoms with Gasteiger partial charge in [-0.1, -0.05) is 37.3 Å². The molecule has 23 heavy (non-hydrogen) atoms. The first-order valence-electron chi connectivity index (χ1n) is 7.45. The minimum absolute atomic E-state index is 0.110. The number of rotatable bonds is 7. The van der Waals surface area contributed by atoms with Gasteiger partial charge in [-0.3, -0.25) is 4.79 Å². The van der Waals surface area contributed by atoms with Gasteiger partial charge in [0.25, 0.3) is 0 Å². The summed E-state index contributed by atoms with van der Waals surface area (Å²) in [6.07, 6.45) is 0.915. The summed E-state index contributed by atoms with van der Waals surface area (Å²) in [6, 6.07) is 17.6. The Labute approximate surface area is 140 Å². The molecule has 0 unspecified atom stereocenters. The summed E-state index contributed by atoms with van der Waals surface area (Å²) in [5.41, 5.74) is 2.91. The Balaban J connectivity index is 1.96. The maximum atomic E-state index is 12.2. The highest BCUT2D eigenvalue weighted by Gasteiger charge is 2.07. The second kappa shape index (κ2) is 8.86. The molecule has 0 aromatic heterocycles. The third-order valence-electron chi connectivity index (χ3n) is 3.29. The molecule has 118 valence electrons.